The molecular formula is C19H14F4N4O. The van der Waals surface area contributed by atoms with Crippen molar-refractivity contribution in [3.05, 3.63) is 83.3 Å². The van der Waals surface area contributed by atoms with Gasteiger partial charge in [0.1, 0.15) is 5.82 Å². The zero-order chi connectivity index (χ0) is 20.1. The van der Waals surface area contributed by atoms with Crippen molar-refractivity contribution < 1.29 is 22.4 Å². The van der Waals surface area contributed by atoms with E-state index in [9.17, 15) is 22.4 Å². The molecule has 3 rings (SSSR count). The molecule has 0 saturated heterocycles. The number of anilines is 2. The molecule has 0 saturated carbocycles. The Morgan fingerprint density at radius 1 is 0.929 bits per heavy atom. The lowest BCUT2D eigenvalue weighted by molar-refractivity contribution is -0.136. The SMILES string of the molecule is O=C(NCc1ccc(F)cc1)c1ccc(Nc2ccccc2C(F)(F)F)nn1. The fourth-order valence-electron chi connectivity index (χ4n) is 2.37. The maximum absolute atomic E-state index is 13.0. The van der Waals surface area contributed by atoms with E-state index in [4.69, 9.17) is 0 Å². The number of amides is 1. The monoisotopic (exact) mass is 390 g/mol. The first-order valence-corrected chi connectivity index (χ1v) is 8.12. The fraction of sp³-hybridized carbons (Fsp3) is 0.105. The van der Waals surface area contributed by atoms with Gasteiger partial charge in [0.25, 0.3) is 5.91 Å². The Kier molecular flexibility index (Phi) is 5.53. The van der Waals surface area contributed by atoms with Crippen molar-refractivity contribution in [2.45, 2.75) is 12.7 Å². The van der Waals surface area contributed by atoms with E-state index in [0.717, 1.165) is 6.07 Å². The predicted molar refractivity (Wildman–Crippen MR) is 94.3 cm³/mol. The molecule has 1 aromatic heterocycles. The van der Waals surface area contributed by atoms with Crippen LogP contribution in [0.1, 0.15) is 21.6 Å². The van der Waals surface area contributed by atoms with Crippen molar-refractivity contribution in [1.82, 2.24) is 15.5 Å². The predicted octanol–water partition coefficient (Wildman–Crippen LogP) is 4.31. The van der Waals surface area contributed by atoms with E-state index in [1.54, 1.807) is 0 Å². The number of hydrogen-bond acceptors (Lipinski definition) is 4. The van der Waals surface area contributed by atoms with E-state index in [1.165, 1.54) is 54.6 Å². The van der Waals surface area contributed by atoms with Crippen LogP contribution >= 0.6 is 0 Å². The summed E-state index contributed by atoms with van der Waals surface area (Å²) in [5.74, 6) is -0.832. The molecule has 2 aromatic carbocycles. The van der Waals surface area contributed by atoms with Crippen LogP contribution < -0.4 is 10.6 Å². The number of rotatable bonds is 5. The second kappa shape index (κ2) is 8.03. The number of nitrogens with one attached hydrogen (secondary N) is 2. The maximum Gasteiger partial charge on any atom is 0.418 e. The van der Waals surface area contributed by atoms with Crippen molar-refractivity contribution in [2.24, 2.45) is 0 Å². The van der Waals surface area contributed by atoms with Crippen LogP contribution in [0.5, 0.6) is 0 Å². The van der Waals surface area contributed by atoms with Crippen molar-refractivity contribution in [2.75, 3.05) is 5.32 Å². The van der Waals surface area contributed by atoms with E-state index in [1.807, 2.05) is 0 Å². The number of aromatic nitrogens is 2. The first-order valence-electron chi connectivity index (χ1n) is 8.12. The zero-order valence-electron chi connectivity index (χ0n) is 14.3. The van der Waals surface area contributed by atoms with Gasteiger partial charge in [-0.2, -0.15) is 13.2 Å². The Morgan fingerprint density at radius 3 is 2.29 bits per heavy atom. The third-order valence-corrected chi connectivity index (χ3v) is 3.76. The normalized spacial score (nSPS) is 11.1. The number of alkyl halides is 3. The van der Waals surface area contributed by atoms with E-state index in [0.29, 0.717) is 5.56 Å². The molecule has 0 bridgehead atoms. The standard InChI is InChI=1S/C19H14F4N4O/c20-13-7-5-12(6-8-13)11-24-18(28)16-9-10-17(27-26-16)25-15-4-2-1-3-14(15)19(21,22)23/h1-10H,11H2,(H,24,28)(H,25,27). The number of benzene rings is 2. The molecule has 0 aliphatic rings. The number of hydrogen-bond donors (Lipinski definition) is 2. The van der Waals surface area contributed by atoms with Gasteiger partial charge in [-0.15, -0.1) is 10.2 Å². The van der Waals surface area contributed by atoms with Gasteiger partial charge in [-0.05, 0) is 42.0 Å². The van der Waals surface area contributed by atoms with Crippen molar-refractivity contribution in [1.29, 1.82) is 0 Å². The lowest BCUT2D eigenvalue weighted by Crippen LogP contribution is -2.24. The van der Waals surface area contributed by atoms with Crippen LogP contribution in [0.25, 0.3) is 0 Å². The third-order valence-electron chi connectivity index (χ3n) is 3.76. The highest BCUT2D eigenvalue weighted by Gasteiger charge is 2.33. The topological polar surface area (TPSA) is 66.9 Å². The van der Waals surface area contributed by atoms with Gasteiger partial charge in [0.05, 0.1) is 11.3 Å². The maximum atomic E-state index is 13.0. The van der Waals surface area contributed by atoms with E-state index in [2.05, 4.69) is 20.8 Å². The van der Waals surface area contributed by atoms with Crippen LogP contribution in [0.15, 0.2) is 60.7 Å². The summed E-state index contributed by atoms with van der Waals surface area (Å²) in [4.78, 5) is 12.1. The van der Waals surface area contributed by atoms with Gasteiger partial charge in [0, 0.05) is 6.54 Å². The Balaban J connectivity index is 1.65. The van der Waals surface area contributed by atoms with Crippen LogP contribution in [-0.2, 0) is 12.7 Å². The Morgan fingerprint density at radius 2 is 1.64 bits per heavy atom. The minimum atomic E-state index is -4.52. The van der Waals surface area contributed by atoms with Crippen molar-refractivity contribution in [3.63, 3.8) is 0 Å². The molecule has 2 N–H and O–H groups in total. The summed E-state index contributed by atoms with van der Waals surface area (Å²) >= 11 is 0. The smallest absolute Gasteiger partial charge is 0.347 e. The zero-order valence-corrected chi connectivity index (χ0v) is 14.3. The summed E-state index contributed by atoms with van der Waals surface area (Å²) in [7, 11) is 0. The Labute approximate surface area is 157 Å². The minimum Gasteiger partial charge on any atom is -0.347 e. The molecule has 1 amide bonds. The largest absolute Gasteiger partial charge is 0.418 e. The van der Waals surface area contributed by atoms with Crippen LogP contribution in [0, 0.1) is 5.82 Å². The number of halogens is 4. The van der Waals surface area contributed by atoms with Gasteiger partial charge in [-0.25, -0.2) is 4.39 Å². The van der Waals surface area contributed by atoms with Crippen LogP contribution in [0.2, 0.25) is 0 Å². The molecule has 3 aromatic rings. The quantitative estimate of drug-likeness (QED) is 0.638. The van der Waals surface area contributed by atoms with Gasteiger partial charge < -0.3 is 10.6 Å². The van der Waals surface area contributed by atoms with Crippen molar-refractivity contribution in [3.8, 4) is 0 Å². The highest BCUT2D eigenvalue weighted by atomic mass is 19.4. The summed E-state index contributed by atoms with van der Waals surface area (Å²) in [6.07, 6.45) is -4.52. The second-order valence-corrected chi connectivity index (χ2v) is 5.78. The molecule has 0 unspecified atom stereocenters. The molecule has 1 heterocycles. The van der Waals surface area contributed by atoms with Gasteiger partial charge in [0.15, 0.2) is 11.5 Å². The first-order chi connectivity index (χ1) is 13.3. The fourth-order valence-corrected chi connectivity index (χ4v) is 2.37. The Bertz CT molecular complexity index is 957. The lowest BCUT2D eigenvalue weighted by atomic mass is 10.1. The highest BCUT2D eigenvalue weighted by Crippen LogP contribution is 2.35. The number of nitrogens with zero attached hydrogens (tertiary/aromatic N) is 2. The minimum absolute atomic E-state index is 0.00299. The average molecular weight is 390 g/mol. The summed E-state index contributed by atoms with van der Waals surface area (Å²) in [6, 6.07) is 13.3. The molecule has 0 radical (unpaired) electrons. The number of carbonyl (C=O) groups is 1. The number of carbonyl (C=O) groups excluding carboxylic acids is 1. The molecule has 0 aliphatic heterocycles. The molecule has 0 fully saturated rings. The second-order valence-electron chi connectivity index (χ2n) is 5.78. The van der Waals surface area contributed by atoms with E-state index < -0.39 is 17.6 Å². The summed E-state index contributed by atoms with van der Waals surface area (Å²) in [6.45, 7) is 0.166. The first kappa shape index (κ1) is 19.3. The van der Waals surface area contributed by atoms with Gasteiger partial charge in [-0.1, -0.05) is 24.3 Å². The molecule has 0 spiro atoms. The molecule has 9 heteroatoms. The molecule has 5 nitrogen and oxygen atoms in total. The molecule has 0 atom stereocenters. The Hall–Kier alpha value is -3.49. The van der Waals surface area contributed by atoms with Crippen LogP contribution in [0.4, 0.5) is 29.1 Å². The lowest BCUT2D eigenvalue weighted by Gasteiger charge is -2.13. The summed E-state index contributed by atoms with van der Waals surface area (Å²) in [5, 5.41) is 12.6. The number of para-hydroxylation sites is 1. The van der Waals surface area contributed by atoms with E-state index in [-0.39, 0.29) is 29.6 Å². The highest BCUT2D eigenvalue weighted by molar-refractivity contribution is 5.92. The van der Waals surface area contributed by atoms with Crippen molar-refractivity contribution >= 4 is 17.4 Å². The third kappa shape index (κ3) is 4.81. The van der Waals surface area contributed by atoms with Gasteiger partial charge in [-0.3, -0.25) is 4.79 Å². The molecular weight excluding hydrogens is 376 g/mol. The summed E-state index contributed by atoms with van der Waals surface area (Å²) in [5.41, 5.74) is -0.308. The average Bonchev–Trinajstić information content (AvgIpc) is 2.67. The van der Waals surface area contributed by atoms with Crippen LogP contribution in [-0.4, -0.2) is 16.1 Å². The molecule has 28 heavy (non-hydrogen) atoms. The van der Waals surface area contributed by atoms with Gasteiger partial charge >= 0.3 is 6.18 Å². The molecule has 0 aliphatic carbocycles. The van der Waals surface area contributed by atoms with Gasteiger partial charge in [0.2, 0.25) is 0 Å². The van der Waals surface area contributed by atoms with Crippen LogP contribution in [0.3, 0.4) is 0 Å². The molecule has 144 valence electrons. The van der Waals surface area contributed by atoms with E-state index >= 15 is 0 Å². The summed E-state index contributed by atoms with van der Waals surface area (Å²) < 4.78 is 51.9.